The van der Waals surface area contributed by atoms with Crippen molar-refractivity contribution in [3.8, 4) is 5.75 Å². The highest BCUT2D eigenvalue weighted by molar-refractivity contribution is 5.32. The van der Waals surface area contributed by atoms with Gasteiger partial charge in [-0.05, 0) is 74.6 Å². The van der Waals surface area contributed by atoms with Crippen LogP contribution in [-0.2, 0) is 0 Å². The minimum Gasteiger partial charge on any atom is -0.490 e. The third kappa shape index (κ3) is 3.60. The molecule has 0 amide bonds. The van der Waals surface area contributed by atoms with E-state index >= 15 is 0 Å². The molecular weight excluding hydrogens is 258 g/mol. The lowest BCUT2D eigenvalue weighted by atomic mass is 9.75. The first-order chi connectivity index (χ1) is 10.4. The molecule has 0 heterocycles. The zero-order valence-electron chi connectivity index (χ0n) is 12.9. The second-order valence-electron chi connectivity index (χ2n) is 7.22. The number of hydrogen-bond acceptors (Lipinski definition) is 2. The lowest BCUT2D eigenvalue weighted by Crippen LogP contribution is -2.30. The van der Waals surface area contributed by atoms with Gasteiger partial charge in [0.1, 0.15) is 5.75 Å². The van der Waals surface area contributed by atoms with Gasteiger partial charge in [-0.2, -0.15) is 0 Å². The summed E-state index contributed by atoms with van der Waals surface area (Å²) >= 11 is 0. The molecule has 114 valence electrons. The van der Waals surface area contributed by atoms with E-state index in [0.29, 0.717) is 6.10 Å². The van der Waals surface area contributed by atoms with Gasteiger partial charge in [0.15, 0.2) is 0 Å². The van der Waals surface area contributed by atoms with E-state index < -0.39 is 0 Å². The smallest absolute Gasteiger partial charge is 0.120 e. The summed E-state index contributed by atoms with van der Waals surface area (Å²) in [7, 11) is 0. The summed E-state index contributed by atoms with van der Waals surface area (Å²) in [4.78, 5) is 0. The van der Waals surface area contributed by atoms with Crippen LogP contribution in [0.25, 0.3) is 0 Å². The lowest BCUT2D eigenvalue weighted by molar-refractivity contribution is 0.288. The van der Waals surface area contributed by atoms with Gasteiger partial charge in [-0.3, -0.25) is 0 Å². The monoisotopic (exact) mass is 285 g/mol. The van der Waals surface area contributed by atoms with E-state index in [2.05, 4.69) is 29.6 Å². The Morgan fingerprint density at radius 3 is 2.67 bits per heavy atom. The maximum atomic E-state index is 5.98. The Hall–Kier alpha value is -1.02. The van der Waals surface area contributed by atoms with Gasteiger partial charge in [-0.1, -0.05) is 25.0 Å². The molecule has 3 aliphatic rings. The standard InChI is InChI=1S/C19H27NO/c1-2-7-19(15(4-1)13-20-16-8-9-16)14-5-3-6-18(12-14)21-17-10-11-17/h3,5-6,12,15-17,19-20H,1-2,4,7-11,13H2. The normalized spacial score (nSPS) is 29.3. The van der Waals surface area contributed by atoms with Crippen LogP contribution in [0.5, 0.6) is 5.75 Å². The number of hydrogen-bond donors (Lipinski definition) is 1. The van der Waals surface area contributed by atoms with E-state index in [-0.39, 0.29) is 0 Å². The van der Waals surface area contributed by atoms with Crippen LogP contribution < -0.4 is 10.1 Å². The van der Waals surface area contributed by atoms with Crippen molar-refractivity contribution in [1.29, 1.82) is 0 Å². The van der Waals surface area contributed by atoms with Gasteiger partial charge >= 0.3 is 0 Å². The number of benzene rings is 1. The van der Waals surface area contributed by atoms with E-state index in [1.165, 1.54) is 63.5 Å². The lowest BCUT2D eigenvalue weighted by Gasteiger charge is -2.32. The molecular formula is C19H27NO. The maximum Gasteiger partial charge on any atom is 0.120 e. The number of rotatable bonds is 6. The first-order valence-corrected chi connectivity index (χ1v) is 8.88. The summed E-state index contributed by atoms with van der Waals surface area (Å²) in [6.45, 7) is 1.21. The molecule has 1 aromatic carbocycles. The van der Waals surface area contributed by atoms with Crippen LogP contribution in [0.3, 0.4) is 0 Å². The summed E-state index contributed by atoms with van der Waals surface area (Å²) in [6, 6.07) is 9.78. The Morgan fingerprint density at radius 1 is 1.00 bits per heavy atom. The fourth-order valence-corrected chi connectivity index (χ4v) is 3.69. The minimum atomic E-state index is 0.499. The molecule has 3 aliphatic carbocycles. The third-order valence-corrected chi connectivity index (χ3v) is 5.27. The molecule has 0 aromatic heterocycles. The van der Waals surface area contributed by atoms with Crippen LogP contribution in [0.2, 0.25) is 0 Å². The van der Waals surface area contributed by atoms with Gasteiger partial charge in [0.2, 0.25) is 0 Å². The number of ether oxygens (including phenoxy) is 1. The average molecular weight is 285 g/mol. The Morgan fingerprint density at radius 2 is 1.86 bits per heavy atom. The Labute approximate surface area is 128 Å². The fraction of sp³-hybridized carbons (Fsp3) is 0.684. The SMILES string of the molecule is c1cc(OC2CC2)cc(C2CCCCC2CNC2CC2)c1. The highest BCUT2D eigenvalue weighted by atomic mass is 16.5. The van der Waals surface area contributed by atoms with E-state index in [1.807, 2.05) is 0 Å². The van der Waals surface area contributed by atoms with E-state index in [0.717, 1.165) is 23.6 Å². The molecule has 2 unspecified atom stereocenters. The topological polar surface area (TPSA) is 21.3 Å². The summed E-state index contributed by atoms with van der Waals surface area (Å²) < 4.78 is 5.98. The van der Waals surface area contributed by atoms with Crippen LogP contribution in [0.4, 0.5) is 0 Å². The second kappa shape index (κ2) is 6.00. The van der Waals surface area contributed by atoms with Gasteiger partial charge in [0, 0.05) is 6.04 Å². The van der Waals surface area contributed by atoms with Crippen LogP contribution >= 0.6 is 0 Å². The summed E-state index contributed by atoms with van der Waals surface area (Å²) in [6.07, 6.45) is 11.3. The molecule has 0 saturated heterocycles. The predicted molar refractivity (Wildman–Crippen MR) is 85.8 cm³/mol. The van der Waals surface area contributed by atoms with Gasteiger partial charge in [0.05, 0.1) is 6.10 Å². The van der Waals surface area contributed by atoms with Crippen molar-refractivity contribution in [1.82, 2.24) is 5.32 Å². The van der Waals surface area contributed by atoms with Gasteiger partial charge in [-0.25, -0.2) is 0 Å². The van der Waals surface area contributed by atoms with Gasteiger partial charge in [-0.15, -0.1) is 0 Å². The molecule has 3 saturated carbocycles. The molecule has 1 aromatic rings. The molecule has 2 atom stereocenters. The maximum absolute atomic E-state index is 5.98. The van der Waals surface area contributed by atoms with Gasteiger partial charge in [0.25, 0.3) is 0 Å². The van der Waals surface area contributed by atoms with Crippen LogP contribution in [0, 0.1) is 5.92 Å². The van der Waals surface area contributed by atoms with Crippen molar-refractivity contribution < 1.29 is 4.74 Å². The molecule has 4 rings (SSSR count). The van der Waals surface area contributed by atoms with Crippen LogP contribution in [0.1, 0.15) is 62.8 Å². The van der Waals surface area contributed by atoms with Crippen LogP contribution in [0.15, 0.2) is 24.3 Å². The van der Waals surface area contributed by atoms with E-state index in [4.69, 9.17) is 4.74 Å². The first kappa shape index (κ1) is 13.6. The zero-order valence-corrected chi connectivity index (χ0v) is 12.9. The molecule has 0 radical (unpaired) electrons. The van der Waals surface area contributed by atoms with E-state index in [9.17, 15) is 0 Å². The minimum absolute atomic E-state index is 0.499. The van der Waals surface area contributed by atoms with Crippen LogP contribution in [-0.4, -0.2) is 18.7 Å². The van der Waals surface area contributed by atoms with Crippen molar-refractivity contribution in [2.24, 2.45) is 5.92 Å². The highest BCUT2D eigenvalue weighted by Gasteiger charge is 2.29. The Bertz CT molecular complexity index is 478. The molecule has 0 aliphatic heterocycles. The first-order valence-electron chi connectivity index (χ1n) is 8.88. The Balaban J connectivity index is 1.45. The highest BCUT2D eigenvalue weighted by Crippen LogP contribution is 2.39. The van der Waals surface area contributed by atoms with Crippen molar-refractivity contribution in [3.63, 3.8) is 0 Å². The average Bonchev–Trinajstić information content (AvgIpc) is 3.41. The number of nitrogens with one attached hydrogen (secondary N) is 1. The summed E-state index contributed by atoms with van der Waals surface area (Å²) in [5.41, 5.74) is 1.51. The summed E-state index contributed by atoms with van der Waals surface area (Å²) in [5, 5.41) is 3.75. The van der Waals surface area contributed by atoms with Gasteiger partial charge < -0.3 is 10.1 Å². The molecule has 2 nitrogen and oxygen atoms in total. The van der Waals surface area contributed by atoms with Crippen molar-refractivity contribution in [2.75, 3.05) is 6.54 Å². The Kier molecular flexibility index (Phi) is 3.89. The molecule has 1 N–H and O–H groups in total. The molecule has 21 heavy (non-hydrogen) atoms. The van der Waals surface area contributed by atoms with Crippen molar-refractivity contribution in [3.05, 3.63) is 29.8 Å². The fourth-order valence-electron chi connectivity index (χ4n) is 3.69. The summed E-state index contributed by atoms with van der Waals surface area (Å²) in [5.74, 6) is 2.64. The quantitative estimate of drug-likeness (QED) is 0.843. The largest absolute Gasteiger partial charge is 0.490 e. The van der Waals surface area contributed by atoms with Crippen molar-refractivity contribution in [2.45, 2.75) is 69.4 Å². The molecule has 2 heteroatoms. The molecule has 3 fully saturated rings. The molecule has 0 spiro atoms. The van der Waals surface area contributed by atoms with E-state index in [1.54, 1.807) is 0 Å². The third-order valence-electron chi connectivity index (χ3n) is 5.27. The van der Waals surface area contributed by atoms with Crippen molar-refractivity contribution >= 4 is 0 Å². The molecule has 0 bridgehead atoms. The second-order valence-corrected chi connectivity index (χ2v) is 7.22. The predicted octanol–water partition coefficient (Wildman–Crippen LogP) is 4.25. The zero-order chi connectivity index (χ0) is 14.1.